The number of sulfonamides is 1. The largest absolute Gasteiger partial charge is 0.396 e. The van der Waals surface area contributed by atoms with Gasteiger partial charge in [0.1, 0.15) is 10.7 Å². The lowest BCUT2D eigenvalue weighted by molar-refractivity contribution is 0.263. The van der Waals surface area contributed by atoms with Crippen molar-refractivity contribution in [2.75, 3.05) is 19.4 Å². The van der Waals surface area contributed by atoms with Crippen LogP contribution in [0.5, 0.6) is 0 Å². The van der Waals surface area contributed by atoms with E-state index < -0.39 is 30.6 Å². The Balaban J connectivity index is 3.08. The molecule has 1 aromatic rings. The second-order valence-corrected chi connectivity index (χ2v) is 8.58. The average molecular weight is 339 g/mol. The molecule has 1 rings (SSSR count). The zero-order valence-electron chi connectivity index (χ0n) is 11.7. The predicted molar refractivity (Wildman–Crippen MR) is 75.6 cm³/mol. The van der Waals surface area contributed by atoms with E-state index in [2.05, 4.69) is 4.72 Å². The van der Waals surface area contributed by atoms with Crippen LogP contribution < -0.4 is 4.72 Å². The van der Waals surface area contributed by atoms with Gasteiger partial charge in [0, 0.05) is 19.4 Å². The third kappa shape index (κ3) is 5.03. The smallest absolute Gasteiger partial charge is 0.243 e. The monoisotopic (exact) mass is 339 g/mol. The summed E-state index contributed by atoms with van der Waals surface area (Å²) in [7, 11) is -7.79. The Labute approximate surface area is 124 Å². The summed E-state index contributed by atoms with van der Waals surface area (Å²) in [5.74, 6) is -1.16. The van der Waals surface area contributed by atoms with Crippen molar-refractivity contribution >= 4 is 19.9 Å². The van der Waals surface area contributed by atoms with Crippen LogP contribution in [0.1, 0.15) is 13.3 Å². The average Bonchev–Trinajstić information content (AvgIpc) is 2.36. The van der Waals surface area contributed by atoms with Crippen LogP contribution in [-0.2, 0) is 19.9 Å². The van der Waals surface area contributed by atoms with Crippen molar-refractivity contribution in [2.45, 2.75) is 23.1 Å². The number of benzene rings is 1. The molecule has 2 N–H and O–H groups in total. The van der Waals surface area contributed by atoms with E-state index in [0.29, 0.717) is 6.42 Å². The summed E-state index contributed by atoms with van der Waals surface area (Å²) in [5.41, 5.74) is 0. The Morgan fingerprint density at radius 3 is 2.43 bits per heavy atom. The van der Waals surface area contributed by atoms with Crippen LogP contribution in [0.15, 0.2) is 28.0 Å². The molecule has 0 radical (unpaired) electrons. The molecule has 1 aromatic carbocycles. The zero-order chi connectivity index (χ0) is 16.3. The van der Waals surface area contributed by atoms with E-state index in [0.717, 1.165) is 24.5 Å². The molecule has 0 saturated carbocycles. The van der Waals surface area contributed by atoms with Crippen LogP contribution in [0, 0.1) is 11.7 Å². The van der Waals surface area contributed by atoms with Crippen LogP contribution in [0.3, 0.4) is 0 Å². The lowest BCUT2D eigenvalue weighted by Gasteiger charge is -2.12. The van der Waals surface area contributed by atoms with Gasteiger partial charge in [-0.25, -0.2) is 25.9 Å². The highest BCUT2D eigenvalue weighted by molar-refractivity contribution is 7.91. The summed E-state index contributed by atoms with van der Waals surface area (Å²) in [6.45, 7) is 1.66. The summed E-state index contributed by atoms with van der Waals surface area (Å²) >= 11 is 0. The van der Waals surface area contributed by atoms with Gasteiger partial charge in [0.2, 0.25) is 10.0 Å². The van der Waals surface area contributed by atoms with Crippen molar-refractivity contribution < 1.29 is 26.3 Å². The van der Waals surface area contributed by atoms with Gasteiger partial charge in [0.25, 0.3) is 0 Å². The highest BCUT2D eigenvalue weighted by atomic mass is 32.2. The zero-order valence-corrected chi connectivity index (χ0v) is 13.3. The molecule has 0 aliphatic carbocycles. The third-order valence-electron chi connectivity index (χ3n) is 2.86. The highest BCUT2D eigenvalue weighted by Gasteiger charge is 2.22. The van der Waals surface area contributed by atoms with Crippen molar-refractivity contribution in [3.63, 3.8) is 0 Å². The maximum Gasteiger partial charge on any atom is 0.243 e. The van der Waals surface area contributed by atoms with Crippen LogP contribution in [-0.4, -0.2) is 41.3 Å². The van der Waals surface area contributed by atoms with Crippen LogP contribution >= 0.6 is 0 Å². The molecule has 0 aliphatic rings. The first-order valence-electron chi connectivity index (χ1n) is 6.18. The SMILES string of the molecule is CC(CCO)CNS(=O)(=O)c1cc(S(C)(=O)=O)ccc1F. The van der Waals surface area contributed by atoms with E-state index in [1.165, 1.54) is 0 Å². The van der Waals surface area contributed by atoms with E-state index in [4.69, 9.17) is 5.11 Å². The molecule has 9 heteroatoms. The van der Waals surface area contributed by atoms with Crippen molar-refractivity contribution in [3.8, 4) is 0 Å². The molecular weight excluding hydrogens is 321 g/mol. The number of nitrogens with one attached hydrogen (secondary N) is 1. The molecule has 0 aliphatic heterocycles. The van der Waals surface area contributed by atoms with E-state index in [1.54, 1.807) is 6.92 Å². The topological polar surface area (TPSA) is 101 Å². The van der Waals surface area contributed by atoms with E-state index in [9.17, 15) is 21.2 Å². The standard InChI is InChI=1S/C12H18FNO5S2/c1-9(5-6-15)8-14-21(18,19)12-7-10(20(2,16)17)3-4-11(12)13/h3-4,7,9,14-15H,5-6,8H2,1-2H3. The lowest BCUT2D eigenvalue weighted by atomic mass is 10.1. The number of hydrogen-bond acceptors (Lipinski definition) is 5. The van der Waals surface area contributed by atoms with Gasteiger partial charge in [0.15, 0.2) is 9.84 Å². The van der Waals surface area contributed by atoms with Gasteiger partial charge in [-0.15, -0.1) is 0 Å². The second-order valence-electron chi connectivity index (χ2n) is 4.83. The molecule has 0 aromatic heterocycles. The summed E-state index contributed by atoms with van der Waals surface area (Å²) in [6, 6.07) is 2.61. The van der Waals surface area contributed by atoms with Crippen LogP contribution in [0.2, 0.25) is 0 Å². The summed E-state index contributed by atoms with van der Waals surface area (Å²) in [6.07, 6.45) is 1.31. The van der Waals surface area contributed by atoms with Crippen LogP contribution in [0.25, 0.3) is 0 Å². The molecule has 0 fully saturated rings. The van der Waals surface area contributed by atoms with E-state index >= 15 is 0 Å². The third-order valence-corrected chi connectivity index (χ3v) is 5.41. The number of rotatable bonds is 7. The minimum atomic E-state index is -4.16. The molecule has 0 saturated heterocycles. The molecule has 0 bridgehead atoms. The van der Waals surface area contributed by atoms with Crippen molar-refractivity contribution in [1.82, 2.24) is 4.72 Å². The Kier molecular flexibility index (Phi) is 5.85. The van der Waals surface area contributed by atoms with Crippen LogP contribution in [0.4, 0.5) is 4.39 Å². The quantitative estimate of drug-likeness (QED) is 0.706. The number of sulfone groups is 1. The maximum absolute atomic E-state index is 13.7. The molecule has 6 nitrogen and oxygen atoms in total. The molecule has 0 amide bonds. The minimum Gasteiger partial charge on any atom is -0.396 e. The van der Waals surface area contributed by atoms with Crippen molar-refractivity contribution in [2.24, 2.45) is 5.92 Å². The van der Waals surface area contributed by atoms with E-state index in [-0.39, 0.29) is 24.0 Å². The summed E-state index contributed by atoms with van der Waals surface area (Å²) in [4.78, 5) is -0.977. The Hall–Kier alpha value is -1.03. The highest BCUT2D eigenvalue weighted by Crippen LogP contribution is 2.19. The molecule has 21 heavy (non-hydrogen) atoms. The fourth-order valence-electron chi connectivity index (χ4n) is 1.57. The van der Waals surface area contributed by atoms with Gasteiger partial charge in [-0.1, -0.05) is 6.92 Å². The lowest BCUT2D eigenvalue weighted by Crippen LogP contribution is -2.29. The first kappa shape index (κ1) is 18.0. The number of aliphatic hydroxyl groups is 1. The number of halogens is 1. The molecule has 120 valence electrons. The second kappa shape index (κ2) is 6.82. The van der Waals surface area contributed by atoms with Gasteiger partial charge < -0.3 is 5.11 Å². The van der Waals surface area contributed by atoms with Gasteiger partial charge in [-0.3, -0.25) is 0 Å². The van der Waals surface area contributed by atoms with Gasteiger partial charge in [-0.2, -0.15) is 0 Å². The molecule has 0 heterocycles. The van der Waals surface area contributed by atoms with Crippen molar-refractivity contribution in [1.29, 1.82) is 0 Å². The summed E-state index contributed by atoms with van der Waals surface area (Å²) < 4.78 is 62.8. The predicted octanol–water partition coefficient (Wildman–Crippen LogP) is 0.526. The van der Waals surface area contributed by atoms with E-state index in [1.807, 2.05) is 0 Å². The Bertz CT molecular complexity index is 700. The Morgan fingerprint density at radius 2 is 1.90 bits per heavy atom. The molecule has 0 spiro atoms. The maximum atomic E-state index is 13.7. The van der Waals surface area contributed by atoms with Gasteiger partial charge in [0.05, 0.1) is 4.90 Å². The first-order chi connectivity index (χ1) is 9.58. The summed E-state index contributed by atoms with van der Waals surface area (Å²) in [5, 5.41) is 8.75. The molecular formula is C12H18FNO5S2. The number of hydrogen-bond donors (Lipinski definition) is 2. The van der Waals surface area contributed by atoms with Gasteiger partial charge in [-0.05, 0) is 30.5 Å². The number of aliphatic hydroxyl groups excluding tert-OH is 1. The van der Waals surface area contributed by atoms with Gasteiger partial charge >= 0.3 is 0 Å². The molecule has 1 unspecified atom stereocenters. The molecule has 1 atom stereocenters. The van der Waals surface area contributed by atoms with Crippen molar-refractivity contribution in [3.05, 3.63) is 24.0 Å². The fraction of sp³-hybridized carbons (Fsp3) is 0.500. The Morgan fingerprint density at radius 1 is 1.29 bits per heavy atom. The minimum absolute atomic E-state index is 0.0193. The normalized spacial score (nSPS) is 14.1. The fourth-order valence-corrected chi connectivity index (χ4v) is 3.56. The first-order valence-corrected chi connectivity index (χ1v) is 9.55.